The predicted molar refractivity (Wildman–Crippen MR) is 81.8 cm³/mol. The van der Waals surface area contributed by atoms with Gasteiger partial charge in [-0.05, 0) is 37.1 Å². The van der Waals surface area contributed by atoms with Crippen LogP contribution in [0.3, 0.4) is 0 Å². The molecule has 3 rings (SSSR count). The third-order valence-corrected chi connectivity index (χ3v) is 3.64. The number of aromatic nitrogens is 2. The van der Waals surface area contributed by atoms with Gasteiger partial charge in [0.1, 0.15) is 17.1 Å². The van der Waals surface area contributed by atoms with Crippen molar-refractivity contribution < 1.29 is 9.50 Å². The van der Waals surface area contributed by atoms with Crippen molar-refractivity contribution in [2.24, 2.45) is 0 Å². The van der Waals surface area contributed by atoms with Gasteiger partial charge in [0.15, 0.2) is 5.82 Å². The van der Waals surface area contributed by atoms with Crippen LogP contribution in [0.5, 0.6) is 5.75 Å². The summed E-state index contributed by atoms with van der Waals surface area (Å²) in [7, 11) is 0. The third kappa shape index (κ3) is 2.27. The molecule has 0 bridgehead atoms. The molecule has 1 aromatic heterocycles. The zero-order valence-electron chi connectivity index (χ0n) is 12.1. The Morgan fingerprint density at radius 1 is 1.24 bits per heavy atom. The van der Waals surface area contributed by atoms with Crippen LogP contribution in [-0.2, 0) is 6.54 Å². The Bertz CT molecular complexity index is 808. The van der Waals surface area contributed by atoms with Gasteiger partial charge in [0.25, 0.3) is 0 Å². The van der Waals surface area contributed by atoms with Crippen molar-refractivity contribution in [3.05, 3.63) is 47.8 Å². The van der Waals surface area contributed by atoms with Gasteiger partial charge < -0.3 is 9.67 Å². The monoisotopic (exact) mass is 284 g/mol. The number of aryl methyl sites for hydroxylation is 2. The number of halogens is 1. The van der Waals surface area contributed by atoms with Crippen molar-refractivity contribution in [2.45, 2.75) is 26.8 Å². The first-order valence-electron chi connectivity index (χ1n) is 7.06. The number of rotatable bonds is 3. The standard InChI is InChI=1S/C17H17FN2O/c1-3-9-20-14-6-4-5-13(18)16(14)19-17(20)12-8-7-11(2)15(21)10-12/h4-8,10,21H,3,9H2,1-2H3. The number of hydrogen-bond acceptors (Lipinski definition) is 2. The van der Waals surface area contributed by atoms with Crippen LogP contribution < -0.4 is 0 Å². The summed E-state index contributed by atoms with van der Waals surface area (Å²) < 4.78 is 16.0. The highest BCUT2D eigenvalue weighted by molar-refractivity contribution is 5.81. The van der Waals surface area contributed by atoms with Crippen molar-refractivity contribution in [1.29, 1.82) is 0 Å². The number of benzene rings is 2. The molecule has 1 heterocycles. The smallest absolute Gasteiger partial charge is 0.151 e. The summed E-state index contributed by atoms with van der Waals surface area (Å²) >= 11 is 0. The first-order valence-corrected chi connectivity index (χ1v) is 7.06. The summed E-state index contributed by atoms with van der Waals surface area (Å²) in [6.45, 7) is 4.67. The van der Waals surface area contributed by atoms with Crippen LogP contribution in [0.1, 0.15) is 18.9 Å². The lowest BCUT2D eigenvalue weighted by atomic mass is 10.1. The highest BCUT2D eigenvalue weighted by Crippen LogP contribution is 2.29. The van der Waals surface area contributed by atoms with Gasteiger partial charge in [0, 0.05) is 12.1 Å². The molecule has 0 atom stereocenters. The van der Waals surface area contributed by atoms with Crippen molar-refractivity contribution >= 4 is 11.0 Å². The Kier molecular flexibility index (Phi) is 3.37. The maximum absolute atomic E-state index is 14.0. The molecule has 108 valence electrons. The van der Waals surface area contributed by atoms with E-state index in [2.05, 4.69) is 11.9 Å². The normalized spacial score (nSPS) is 11.2. The number of nitrogens with zero attached hydrogens (tertiary/aromatic N) is 2. The molecule has 0 saturated heterocycles. The van der Waals surface area contributed by atoms with Crippen molar-refractivity contribution in [1.82, 2.24) is 9.55 Å². The van der Waals surface area contributed by atoms with Gasteiger partial charge in [-0.25, -0.2) is 9.37 Å². The molecule has 3 nitrogen and oxygen atoms in total. The van der Waals surface area contributed by atoms with Crippen LogP contribution in [0.4, 0.5) is 4.39 Å². The zero-order chi connectivity index (χ0) is 15.0. The average Bonchev–Trinajstić information content (AvgIpc) is 2.83. The number of phenolic OH excluding ortho intramolecular Hbond substituents is 1. The van der Waals surface area contributed by atoms with E-state index < -0.39 is 0 Å². The highest BCUT2D eigenvalue weighted by atomic mass is 19.1. The van der Waals surface area contributed by atoms with Crippen LogP contribution in [0.2, 0.25) is 0 Å². The average molecular weight is 284 g/mol. The SMILES string of the molecule is CCCn1c(-c2ccc(C)c(O)c2)nc2c(F)cccc21. The molecule has 0 fully saturated rings. The van der Waals surface area contributed by atoms with Crippen molar-refractivity contribution in [3.8, 4) is 17.1 Å². The number of fused-ring (bicyclic) bond motifs is 1. The van der Waals surface area contributed by atoms with Crippen LogP contribution >= 0.6 is 0 Å². The molecule has 0 amide bonds. The number of aromatic hydroxyl groups is 1. The Hall–Kier alpha value is -2.36. The molecule has 0 aliphatic heterocycles. The summed E-state index contributed by atoms with van der Waals surface area (Å²) in [5, 5.41) is 9.90. The molecule has 3 aromatic rings. The van der Waals surface area contributed by atoms with E-state index in [0.29, 0.717) is 11.3 Å². The van der Waals surface area contributed by atoms with Gasteiger partial charge >= 0.3 is 0 Å². The van der Waals surface area contributed by atoms with E-state index >= 15 is 0 Å². The minimum atomic E-state index is -0.320. The maximum Gasteiger partial charge on any atom is 0.151 e. The van der Waals surface area contributed by atoms with Gasteiger partial charge in [-0.15, -0.1) is 0 Å². The van der Waals surface area contributed by atoms with Gasteiger partial charge in [0.2, 0.25) is 0 Å². The third-order valence-electron chi connectivity index (χ3n) is 3.64. The molecular formula is C17H17FN2O. The van der Waals surface area contributed by atoms with E-state index in [-0.39, 0.29) is 11.6 Å². The molecule has 2 aromatic carbocycles. The fourth-order valence-electron chi connectivity index (χ4n) is 2.53. The molecule has 0 saturated carbocycles. The Morgan fingerprint density at radius 3 is 2.76 bits per heavy atom. The minimum absolute atomic E-state index is 0.225. The van der Waals surface area contributed by atoms with Gasteiger partial charge in [-0.1, -0.05) is 25.1 Å². The molecule has 1 N–H and O–H groups in total. The fourth-order valence-corrected chi connectivity index (χ4v) is 2.53. The van der Waals surface area contributed by atoms with Crippen LogP contribution in [0.15, 0.2) is 36.4 Å². The minimum Gasteiger partial charge on any atom is -0.508 e. The molecule has 0 unspecified atom stereocenters. The quantitative estimate of drug-likeness (QED) is 0.780. The Labute approximate surface area is 122 Å². The van der Waals surface area contributed by atoms with Gasteiger partial charge in [0.05, 0.1) is 5.52 Å². The van der Waals surface area contributed by atoms with Crippen LogP contribution in [0.25, 0.3) is 22.4 Å². The first-order chi connectivity index (χ1) is 10.1. The van der Waals surface area contributed by atoms with E-state index in [9.17, 15) is 9.50 Å². The second-order valence-corrected chi connectivity index (χ2v) is 5.20. The molecule has 0 radical (unpaired) electrons. The van der Waals surface area contributed by atoms with Crippen molar-refractivity contribution in [2.75, 3.05) is 0 Å². The molecule has 21 heavy (non-hydrogen) atoms. The van der Waals surface area contributed by atoms with Crippen molar-refractivity contribution in [3.63, 3.8) is 0 Å². The lowest BCUT2D eigenvalue weighted by Crippen LogP contribution is -1.99. The van der Waals surface area contributed by atoms with E-state index in [1.165, 1.54) is 6.07 Å². The topological polar surface area (TPSA) is 38.0 Å². The first kappa shape index (κ1) is 13.6. The highest BCUT2D eigenvalue weighted by Gasteiger charge is 2.15. The number of imidazole rings is 1. The van der Waals surface area contributed by atoms with Crippen LogP contribution in [-0.4, -0.2) is 14.7 Å². The lowest BCUT2D eigenvalue weighted by molar-refractivity contribution is 0.471. The largest absolute Gasteiger partial charge is 0.508 e. The second kappa shape index (κ2) is 5.20. The number of para-hydroxylation sites is 1. The summed E-state index contributed by atoms with van der Waals surface area (Å²) in [5.41, 5.74) is 2.76. The molecule has 0 aliphatic carbocycles. The number of phenols is 1. The summed E-state index contributed by atoms with van der Waals surface area (Å²) in [6.07, 6.45) is 0.923. The van der Waals surface area contributed by atoms with Crippen LogP contribution in [0, 0.1) is 12.7 Å². The number of hydrogen-bond donors (Lipinski definition) is 1. The molecule has 0 aliphatic rings. The van der Waals surface area contributed by atoms with E-state index in [4.69, 9.17) is 0 Å². The second-order valence-electron chi connectivity index (χ2n) is 5.20. The van der Waals surface area contributed by atoms with E-state index in [0.717, 1.165) is 29.6 Å². The predicted octanol–water partition coefficient (Wildman–Crippen LogP) is 4.27. The summed E-state index contributed by atoms with van der Waals surface area (Å²) in [4.78, 5) is 4.45. The van der Waals surface area contributed by atoms with E-state index in [1.54, 1.807) is 12.1 Å². The summed E-state index contributed by atoms with van der Waals surface area (Å²) in [5.74, 6) is 0.593. The Morgan fingerprint density at radius 2 is 2.05 bits per heavy atom. The van der Waals surface area contributed by atoms with Gasteiger partial charge in [-0.2, -0.15) is 0 Å². The zero-order valence-corrected chi connectivity index (χ0v) is 12.1. The Balaban J connectivity index is 2.27. The van der Waals surface area contributed by atoms with E-state index in [1.807, 2.05) is 29.7 Å². The fraction of sp³-hybridized carbons (Fsp3) is 0.235. The summed E-state index contributed by atoms with van der Waals surface area (Å²) in [6, 6.07) is 10.4. The lowest BCUT2D eigenvalue weighted by Gasteiger charge is -2.09. The molecule has 0 spiro atoms. The molecule has 4 heteroatoms. The maximum atomic E-state index is 14.0. The molecular weight excluding hydrogens is 267 g/mol. The van der Waals surface area contributed by atoms with Gasteiger partial charge in [-0.3, -0.25) is 0 Å².